The Morgan fingerprint density at radius 3 is 2.54 bits per heavy atom. The van der Waals surface area contributed by atoms with Crippen molar-refractivity contribution in [3.8, 4) is 5.75 Å². The summed E-state index contributed by atoms with van der Waals surface area (Å²) in [4.78, 5) is 28.1. The maximum absolute atomic E-state index is 12.3. The molecule has 0 spiro atoms. The summed E-state index contributed by atoms with van der Waals surface area (Å²) in [6.07, 6.45) is 0. The first-order valence-corrected chi connectivity index (χ1v) is 9.59. The standard InChI is InChI=1S/C19H23N3O3S/c1-25-16-6-4-15(5-7-16)14-21-8-10-22(11-9-21)18(23)13-20-19(24)17-3-2-12-26-17/h2-7,12H,8-11,13-14H2,1H3,(H,20,24)/p+1. The topological polar surface area (TPSA) is 63.1 Å². The van der Waals surface area contributed by atoms with E-state index in [1.54, 1.807) is 13.2 Å². The summed E-state index contributed by atoms with van der Waals surface area (Å²) >= 11 is 1.37. The average molecular weight is 374 g/mol. The molecule has 2 amide bonds. The first-order chi connectivity index (χ1) is 12.7. The Hall–Kier alpha value is -2.38. The van der Waals surface area contributed by atoms with Gasteiger partial charge in [0.25, 0.3) is 5.91 Å². The number of amides is 2. The maximum atomic E-state index is 12.3. The third-order valence-electron chi connectivity index (χ3n) is 4.58. The molecule has 0 radical (unpaired) electrons. The van der Waals surface area contributed by atoms with Gasteiger partial charge in [0.15, 0.2) is 0 Å². The number of quaternary nitrogens is 1. The van der Waals surface area contributed by atoms with Gasteiger partial charge in [0, 0.05) is 5.56 Å². The van der Waals surface area contributed by atoms with Crippen molar-refractivity contribution in [3.05, 3.63) is 52.2 Å². The fraction of sp³-hybridized carbons (Fsp3) is 0.368. The van der Waals surface area contributed by atoms with E-state index in [0.717, 1.165) is 38.5 Å². The van der Waals surface area contributed by atoms with Gasteiger partial charge in [-0.3, -0.25) is 9.59 Å². The molecule has 1 aliphatic heterocycles. The first-order valence-electron chi connectivity index (χ1n) is 8.71. The van der Waals surface area contributed by atoms with Crippen LogP contribution in [0.1, 0.15) is 15.2 Å². The maximum Gasteiger partial charge on any atom is 0.261 e. The second kappa shape index (κ2) is 8.82. The van der Waals surface area contributed by atoms with Crippen LogP contribution < -0.4 is 15.0 Å². The molecule has 0 bridgehead atoms. The minimum atomic E-state index is -0.183. The molecule has 2 heterocycles. The van der Waals surface area contributed by atoms with Gasteiger partial charge in [-0.15, -0.1) is 11.3 Å². The quantitative estimate of drug-likeness (QED) is 0.770. The monoisotopic (exact) mass is 374 g/mol. The van der Waals surface area contributed by atoms with Crippen molar-refractivity contribution < 1.29 is 19.2 Å². The van der Waals surface area contributed by atoms with Gasteiger partial charge >= 0.3 is 0 Å². The molecule has 138 valence electrons. The number of hydrogen-bond donors (Lipinski definition) is 2. The molecule has 2 N–H and O–H groups in total. The number of methoxy groups -OCH3 is 1. The molecule has 7 heteroatoms. The largest absolute Gasteiger partial charge is 0.497 e. The Morgan fingerprint density at radius 2 is 1.92 bits per heavy atom. The highest BCUT2D eigenvalue weighted by molar-refractivity contribution is 7.12. The van der Waals surface area contributed by atoms with E-state index in [1.807, 2.05) is 28.5 Å². The van der Waals surface area contributed by atoms with Crippen molar-refractivity contribution in [2.45, 2.75) is 6.54 Å². The number of nitrogens with one attached hydrogen (secondary N) is 2. The summed E-state index contributed by atoms with van der Waals surface area (Å²) in [6.45, 7) is 4.28. The fourth-order valence-corrected chi connectivity index (χ4v) is 3.68. The average Bonchev–Trinajstić information content (AvgIpc) is 3.22. The Morgan fingerprint density at radius 1 is 1.19 bits per heavy atom. The van der Waals surface area contributed by atoms with Crippen LogP contribution in [0.3, 0.4) is 0 Å². The number of hydrogen-bond acceptors (Lipinski definition) is 4. The molecule has 6 nitrogen and oxygen atoms in total. The Kier molecular flexibility index (Phi) is 6.25. The zero-order chi connectivity index (χ0) is 18.4. The molecule has 1 aromatic carbocycles. The van der Waals surface area contributed by atoms with Crippen molar-refractivity contribution >= 4 is 23.2 Å². The van der Waals surface area contributed by atoms with Gasteiger partial charge in [0.2, 0.25) is 5.91 Å². The zero-order valence-corrected chi connectivity index (χ0v) is 15.7. The molecule has 1 aliphatic rings. The molecule has 0 saturated carbocycles. The number of benzene rings is 1. The number of rotatable bonds is 6. The summed E-state index contributed by atoms with van der Waals surface area (Å²) in [6, 6.07) is 11.7. The van der Waals surface area contributed by atoms with Crippen LogP contribution in [0.15, 0.2) is 41.8 Å². The summed E-state index contributed by atoms with van der Waals surface area (Å²) in [5, 5.41) is 4.55. The molecule has 0 atom stereocenters. The van der Waals surface area contributed by atoms with E-state index in [0.29, 0.717) is 4.88 Å². The molecule has 1 aromatic heterocycles. The predicted molar refractivity (Wildman–Crippen MR) is 101 cm³/mol. The Bertz CT molecular complexity index is 723. The van der Waals surface area contributed by atoms with Gasteiger partial charge in [-0.2, -0.15) is 0 Å². The van der Waals surface area contributed by atoms with Gasteiger partial charge < -0.3 is 19.9 Å². The number of thiophene rings is 1. The molecular weight excluding hydrogens is 350 g/mol. The van der Waals surface area contributed by atoms with Gasteiger partial charge in [0.05, 0.1) is 44.7 Å². The zero-order valence-electron chi connectivity index (χ0n) is 14.9. The molecule has 3 rings (SSSR count). The van der Waals surface area contributed by atoms with Gasteiger partial charge in [-0.05, 0) is 35.7 Å². The minimum absolute atomic E-state index is 0.0154. The predicted octanol–water partition coefficient (Wildman–Crippen LogP) is 0.414. The SMILES string of the molecule is COc1ccc(C[NH+]2CCN(C(=O)CNC(=O)c3cccs3)CC2)cc1. The highest BCUT2D eigenvalue weighted by atomic mass is 32.1. The molecule has 26 heavy (non-hydrogen) atoms. The van der Waals surface area contributed by atoms with Crippen molar-refractivity contribution in [2.75, 3.05) is 39.8 Å². The van der Waals surface area contributed by atoms with E-state index in [9.17, 15) is 9.59 Å². The highest BCUT2D eigenvalue weighted by Crippen LogP contribution is 2.10. The van der Waals surface area contributed by atoms with E-state index >= 15 is 0 Å². The summed E-state index contributed by atoms with van der Waals surface area (Å²) in [7, 11) is 1.67. The van der Waals surface area contributed by atoms with Crippen LogP contribution in [0.5, 0.6) is 5.75 Å². The Labute approximate surface area is 157 Å². The highest BCUT2D eigenvalue weighted by Gasteiger charge is 2.24. The minimum Gasteiger partial charge on any atom is -0.497 e. The molecule has 2 aromatic rings. The van der Waals surface area contributed by atoms with E-state index in [-0.39, 0.29) is 18.4 Å². The first kappa shape index (κ1) is 18.4. The lowest BCUT2D eigenvalue weighted by atomic mass is 10.2. The number of ether oxygens (including phenoxy) is 1. The number of carbonyl (C=O) groups excluding carboxylic acids is 2. The lowest BCUT2D eigenvalue weighted by Gasteiger charge is -2.32. The Balaban J connectivity index is 1.41. The number of piperazine rings is 1. The molecule has 0 aliphatic carbocycles. The molecular formula is C19H24N3O3S+. The lowest BCUT2D eigenvalue weighted by Crippen LogP contribution is -3.13. The summed E-state index contributed by atoms with van der Waals surface area (Å²) in [5.41, 5.74) is 1.27. The molecule has 1 saturated heterocycles. The van der Waals surface area contributed by atoms with Crippen LogP contribution in [-0.2, 0) is 11.3 Å². The van der Waals surface area contributed by atoms with Gasteiger partial charge in [0.1, 0.15) is 12.3 Å². The lowest BCUT2D eigenvalue weighted by molar-refractivity contribution is -0.917. The van der Waals surface area contributed by atoms with E-state index in [4.69, 9.17) is 4.74 Å². The second-order valence-corrected chi connectivity index (χ2v) is 7.26. The van der Waals surface area contributed by atoms with E-state index in [2.05, 4.69) is 17.4 Å². The normalized spacial score (nSPS) is 14.9. The second-order valence-electron chi connectivity index (χ2n) is 6.32. The van der Waals surface area contributed by atoms with Crippen LogP contribution in [0.4, 0.5) is 0 Å². The van der Waals surface area contributed by atoms with Crippen molar-refractivity contribution in [2.24, 2.45) is 0 Å². The van der Waals surface area contributed by atoms with E-state index < -0.39 is 0 Å². The van der Waals surface area contributed by atoms with Crippen LogP contribution >= 0.6 is 11.3 Å². The van der Waals surface area contributed by atoms with Crippen LogP contribution in [0.25, 0.3) is 0 Å². The smallest absolute Gasteiger partial charge is 0.261 e. The molecule has 0 unspecified atom stereocenters. The van der Waals surface area contributed by atoms with Crippen LogP contribution in [0.2, 0.25) is 0 Å². The third-order valence-corrected chi connectivity index (χ3v) is 5.45. The molecule has 1 fully saturated rings. The van der Waals surface area contributed by atoms with Crippen LogP contribution in [0, 0.1) is 0 Å². The van der Waals surface area contributed by atoms with Crippen molar-refractivity contribution in [3.63, 3.8) is 0 Å². The number of nitrogens with zero attached hydrogens (tertiary/aromatic N) is 1. The fourth-order valence-electron chi connectivity index (χ4n) is 3.04. The van der Waals surface area contributed by atoms with Gasteiger partial charge in [-0.25, -0.2) is 0 Å². The summed E-state index contributed by atoms with van der Waals surface area (Å²) in [5.74, 6) is 0.666. The van der Waals surface area contributed by atoms with E-state index in [1.165, 1.54) is 21.8 Å². The third kappa shape index (κ3) is 4.83. The van der Waals surface area contributed by atoms with Crippen LogP contribution in [-0.4, -0.2) is 56.5 Å². The van der Waals surface area contributed by atoms with Crippen molar-refractivity contribution in [1.29, 1.82) is 0 Å². The number of carbonyl (C=O) groups is 2. The van der Waals surface area contributed by atoms with Crippen molar-refractivity contribution in [1.82, 2.24) is 10.2 Å². The summed E-state index contributed by atoms with van der Waals surface area (Å²) < 4.78 is 5.18. The van der Waals surface area contributed by atoms with Gasteiger partial charge in [-0.1, -0.05) is 6.07 Å².